The molecule has 30 heavy (non-hydrogen) atoms. The van der Waals surface area contributed by atoms with Crippen LogP contribution >= 0.6 is 0 Å². The summed E-state index contributed by atoms with van der Waals surface area (Å²) < 4.78 is 8.96. The van der Waals surface area contributed by atoms with Crippen LogP contribution in [0.15, 0.2) is 47.4 Å². The lowest BCUT2D eigenvalue weighted by Gasteiger charge is -2.30. The highest BCUT2D eigenvalue weighted by molar-refractivity contribution is 5.84. The summed E-state index contributed by atoms with van der Waals surface area (Å²) in [6, 6.07) is 12.1. The van der Waals surface area contributed by atoms with Crippen molar-refractivity contribution in [2.75, 3.05) is 7.11 Å². The molecule has 0 N–H and O–H groups in total. The Morgan fingerprint density at radius 3 is 2.67 bits per heavy atom. The van der Waals surface area contributed by atoms with Gasteiger partial charge < -0.3 is 9.30 Å². The number of benzene rings is 1. The van der Waals surface area contributed by atoms with Gasteiger partial charge in [0.1, 0.15) is 5.52 Å². The van der Waals surface area contributed by atoms with Gasteiger partial charge in [0.15, 0.2) is 11.2 Å². The Morgan fingerprint density at radius 2 is 1.90 bits per heavy atom. The summed E-state index contributed by atoms with van der Waals surface area (Å²) in [7, 11) is 1.65. The van der Waals surface area contributed by atoms with Gasteiger partial charge in [-0.3, -0.25) is 4.79 Å². The first-order valence-corrected chi connectivity index (χ1v) is 10.5. The van der Waals surface area contributed by atoms with E-state index in [4.69, 9.17) is 9.84 Å². The van der Waals surface area contributed by atoms with Crippen molar-refractivity contribution in [3.63, 3.8) is 0 Å². The van der Waals surface area contributed by atoms with Crippen LogP contribution in [0.3, 0.4) is 0 Å². The summed E-state index contributed by atoms with van der Waals surface area (Å²) in [4.78, 5) is 13.3. The molecule has 154 valence electrons. The van der Waals surface area contributed by atoms with Gasteiger partial charge in [-0.15, -0.1) is 10.2 Å². The second kappa shape index (κ2) is 7.65. The summed E-state index contributed by atoms with van der Waals surface area (Å²) in [6.45, 7) is 2.58. The molecule has 5 rings (SSSR count). The number of hydrogen-bond donors (Lipinski definition) is 0. The average molecular weight is 403 g/mol. The fraction of sp³-hybridized carbons (Fsp3) is 0.391. The van der Waals surface area contributed by atoms with Crippen molar-refractivity contribution in [1.82, 2.24) is 24.4 Å². The quantitative estimate of drug-likeness (QED) is 0.515. The molecule has 7 nitrogen and oxygen atoms in total. The summed E-state index contributed by atoms with van der Waals surface area (Å²) in [5.41, 5.74) is 4.22. The molecule has 4 aromatic rings. The highest BCUT2D eigenvalue weighted by atomic mass is 16.5. The van der Waals surface area contributed by atoms with Gasteiger partial charge in [-0.2, -0.15) is 5.10 Å². The van der Waals surface area contributed by atoms with Crippen LogP contribution in [-0.2, 0) is 11.3 Å². The Bertz CT molecular complexity index is 1260. The van der Waals surface area contributed by atoms with E-state index < -0.39 is 0 Å². The van der Waals surface area contributed by atoms with E-state index in [9.17, 15) is 4.79 Å². The number of fused-ring (bicyclic) bond motifs is 3. The van der Waals surface area contributed by atoms with Crippen molar-refractivity contribution >= 4 is 16.7 Å². The number of hydrogen-bond acceptors (Lipinski definition) is 5. The maximum absolute atomic E-state index is 13.3. The van der Waals surface area contributed by atoms with Crippen molar-refractivity contribution in [3.8, 4) is 11.1 Å². The molecule has 0 spiro atoms. The van der Waals surface area contributed by atoms with Crippen LogP contribution in [0.2, 0.25) is 0 Å². The van der Waals surface area contributed by atoms with Gasteiger partial charge in [0.2, 0.25) is 0 Å². The molecule has 2 atom stereocenters. The standard InChI is InChI=1S/C23H25N5O2/c1-15-8-6-7-11-18(15)27-13-12-19-21(23(27)29)24-25-22-20(16-9-4-3-5-10-16)17(14-30-2)26-28(19)22/h3-5,9-10,12-13,15,18H,6-8,11,14H2,1-2H3/t15-,18-/m1/s1. The van der Waals surface area contributed by atoms with E-state index in [1.807, 2.05) is 47.2 Å². The van der Waals surface area contributed by atoms with E-state index in [0.29, 0.717) is 29.2 Å². The maximum atomic E-state index is 13.3. The number of nitrogens with zero attached hydrogens (tertiary/aromatic N) is 5. The first-order chi connectivity index (χ1) is 14.7. The SMILES string of the molecule is COCc1nn2c(nnc3c(=O)n([C@@H]4CCCC[C@H]4C)ccc32)c1-c1ccccc1. The zero-order chi connectivity index (χ0) is 20.7. The van der Waals surface area contributed by atoms with Gasteiger partial charge in [-0.05, 0) is 30.4 Å². The van der Waals surface area contributed by atoms with Crippen molar-refractivity contribution < 1.29 is 4.74 Å². The zero-order valence-corrected chi connectivity index (χ0v) is 17.3. The number of methoxy groups -OCH3 is 1. The first kappa shape index (κ1) is 18.9. The Labute approximate surface area is 174 Å². The van der Waals surface area contributed by atoms with Gasteiger partial charge in [0.05, 0.1) is 17.9 Å². The third-order valence-electron chi connectivity index (χ3n) is 6.25. The van der Waals surface area contributed by atoms with E-state index in [1.165, 1.54) is 6.42 Å². The normalized spacial score (nSPS) is 19.5. The van der Waals surface area contributed by atoms with Crippen molar-refractivity contribution in [3.05, 3.63) is 58.6 Å². The van der Waals surface area contributed by atoms with Gasteiger partial charge >= 0.3 is 0 Å². The molecule has 1 saturated carbocycles. The van der Waals surface area contributed by atoms with Crippen LogP contribution in [0, 0.1) is 5.92 Å². The van der Waals surface area contributed by atoms with Gasteiger partial charge in [-0.1, -0.05) is 50.1 Å². The Morgan fingerprint density at radius 1 is 1.10 bits per heavy atom. The largest absolute Gasteiger partial charge is 0.378 e. The Hall–Kier alpha value is -3.06. The lowest BCUT2D eigenvalue weighted by Crippen LogP contribution is -2.31. The zero-order valence-electron chi connectivity index (χ0n) is 17.3. The van der Waals surface area contributed by atoms with Crippen molar-refractivity contribution in [2.24, 2.45) is 5.92 Å². The lowest BCUT2D eigenvalue weighted by atomic mass is 9.85. The minimum Gasteiger partial charge on any atom is -0.378 e. The molecule has 0 saturated heterocycles. The fourth-order valence-corrected chi connectivity index (χ4v) is 4.71. The molecule has 0 aliphatic heterocycles. The van der Waals surface area contributed by atoms with Crippen LogP contribution in [0.25, 0.3) is 27.8 Å². The second-order valence-corrected chi connectivity index (χ2v) is 8.15. The number of aromatic nitrogens is 5. The first-order valence-electron chi connectivity index (χ1n) is 10.5. The highest BCUT2D eigenvalue weighted by Crippen LogP contribution is 2.33. The molecular weight excluding hydrogens is 378 g/mol. The molecule has 0 amide bonds. The molecule has 3 heterocycles. The summed E-state index contributed by atoms with van der Waals surface area (Å²) in [5, 5.41) is 13.5. The van der Waals surface area contributed by atoms with Crippen LogP contribution in [0.5, 0.6) is 0 Å². The van der Waals surface area contributed by atoms with Crippen LogP contribution in [0.4, 0.5) is 0 Å². The smallest absolute Gasteiger partial charge is 0.280 e. The number of ether oxygens (including phenoxy) is 1. The Balaban J connectivity index is 1.72. The van der Waals surface area contributed by atoms with Gasteiger partial charge in [-0.25, -0.2) is 4.52 Å². The summed E-state index contributed by atoms with van der Waals surface area (Å²) >= 11 is 0. The molecule has 1 fully saturated rings. The number of pyridine rings is 1. The third-order valence-corrected chi connectivity index (χ3v) is 6.25. The summed E-state index contributed by atoms with van der Waals surface area (Å²) in [5.74, 6) is 0.480. The molecule has 7 heteroatoms. The predicted octanol–water partition coefficient (Wildman–Crippen LogP) is 4.00. The average Bonchev–Trinajstić information content (AvgIpc) is 3.14. The number of rotatable bonds is 4. The second-order valence-electron chi connectivity index (χ2n) is 8.15. The van der Waals surface area contributed by atoms with Crippen LogP contribution in [0.1, 0.15) is 44.3 Å². The van der Waals surface area contributed by atoms with E-state index >= 15 is 0 Å². The van der Waals surface area contributed by atoms with Crippen molar-refractivity contribution in [1.29, 1.82) is 0 Å². The molecule has 1 aliphatic carbocycles. The van der Waals surface area contributed by atoms with Crippen LogP contribution in [-0.4, -0.2) is 31.5 Å². The molecule has 0 bridgehead atoms. The Kier molecular flexibility index (Phi) is 4.83. The molecule has 1 aromatic carbocycles. The van der Waals surface area contributed by atoms with E-state index in [2.05, 4.69) is 17.1 Å². The third kappa shape index (κ3) is 3.01. The molecular formula is C23H25N5O2. The van der Waals surface area contributed by atoms with Crippen LogP contribution < -0.4 is 5.56 Å². The molecule has 3 aromatic heterocycles. The topological polar surface area (TPSA) is 74.3 Å². The maximum Gasteiger partial charge on any atom is 0.280 e. The predicted molar refractivity (Wildman–Crippen MR) is 115 cm³/mol. The molecule has 0 radical (unpaired) electrons. The summed E-state index contributed by atoms with van der Waals surface area (Å²) in [6.07, 6.45) is 6.47. The lowest BCUT2D eigenvalue weighted by molar-refractivity contribution is 0.181. The fourth-order valence-electron chi connectivity index (χ4n) is 4.71. The van der Waals surface area contributed by atoms with Crippen molar-refractivity contribution in [2.45, 2.75) is 45.3 Å². The van der Waals surface area contributed by atoms with Gasteiger partial charge in [0, 0.05) is 19.3 Å². The monoisotopic (exact) mass is 403 g/mol. The highest BCUT2D eigenvalue weighted by Gasteiger charge is 2.25. The van der Waals surface area contributed by atoms with E-state index in [1.54, 1.807) is 11.6 Å². The molecule has 0 unspecified atom stereocenters. The minimum absolute atomic E-state index is 0.0919. The minimum atomic E-state index is -0.0919. The van der Waals surface area contributed by atoms with Gasteiger partial charge in [0.25, 0.3) is 5.56 Å². The van der Waals surface area contributed by atoms with E-state index in [-0.39, 0.29) is 11.6 Å². The van der Waals surface area contributed by atoms with E-state index in [0.717, 1.165) is 36.1 Å². The molecule has 1 aliphatic rings.